The van der Waals surface area contributed by atoms with Gasteiger partial charge in [0.2, 0.25) is 11.0 Å². The lowest BCUT2D eigenvalue weighted by Crippen LogP contribution is -2.04. The van der Waals surface area contributed by atoms with Gasteiger partial charge in [-0.15, -0.1) is 10.2 Å². The molecule has 0 aliphatic heterocycles. The number of anilines is 1. The number of ether oxygens (including phenoxy) is 1. The summed E-state index contributed by atoms with van der Waals surface area (Å²) in [6.07, 6.45) is 0. The smallest absolute Gasteiger partial charge is 0.221 e. The Morgan fingerprint density at radius 3 is 2.70 bits per heavy atom. The van der Waals surface area contributed by atoms with Crippen LogP contribution in [0.1, 0.15) is 11.1 Å². The Balaban J connectivity index is 1.66. The highest BCUT2D eigenvalue weighted by molar-refractivity contribution is 9.10. The number of halogens is 2. The van der Waals surface area contributed by atoms with Crippen molar-refractivity contribution in [2.45, 2.75) is 13.5 Å². The second-order valence-corrected chi connectivity index (χ2v) is 9.04. The first-order valence-corrected chi connectivity index (χ1v) is 11.6. The third-order valence-electron chi connectivity index (χ3n) is 5.21. The van der Waals surface area contributed by atoms with Gasteiger partial charge in [0.25, 0.3) is 0 Å². The first kappa shape index (κ1) is 23.2. The molecule has 6 nitrogen and oxygen atoms in total. The SMILES string of the molecule is COc1ccc(NC(=S)N=Nc2c(O)n(Cc3ccccc3C)c3ccc(Br)cc23)cc1Cl. The first-order chi connectivity index (χ1) is 15.9. The highest BCUT2D eigenvalue weighted by Crippen LogP contribution is 2.40. The van der Waals surface area contributed by atoms with Crippen LogP contribution < -0.4 is 10.1 Å². The molecule has 1 aromatic heterocycles. The van der Waals surface area contributed by atoms with Crippen LogP contribution in [0.25, 0.3) is 10.9 Å². The standard InChI is InChI=1S/C24H20BrClN4O2S/c1-14-5-3-4-6-15(14)13-30-20-9-7-16(25)11-18(20)22(23(30)31)28-29-24(33)27-17-8-10-21(32-2)19(26)12-17/h3-12,31H,13H2,1-2H3,(H,27,33). The second kappa shape index (κ2) is 9.91. The Morgan fingerprint density at radius 1 is 1.18 bits per heavy atom. The molecule has 0 radical (unpaired) electrons. The third-order valence-corrected chi connectivity index (χ3v) is 6.18. The summed E-state index contributed by atoms with van der Waals surface area (Å²) < 4.78 is 7.84. The first-order valence-electron chi connectivity index (χ1n) is 9.99. The number of benzene rings is 3. The van der Waals surface area contributed by atoms with E-state index in [4.69, 9.17) is 28.6 Å². The number of aromatic hydroxyl groups is 1. The maximum atomic E-state index is 11.1. The normalized spacial score (nSPS) is 11.3. The lowest BCUT2D eigenvalue weighted by molar-refractivity contribution is 0.415. The van der Waals surface area contributed by atoms with Gasteiger partial charge in [0.05, 0.1) is 24.2 Å². The molecule has 0 unspecified atom stereocenters. The Morgan fingerprint density at radius 2 is 1.97 bits per heavy atom. The van der Waals surface area contributed by atoms with E-state index in [0.717, 1.165) is 26.5 Å². The highest BCUT2D eigenvalue weighted by Gasteiger charge is 2.18. The van der Waals surface area contributed by atoms with Crippen LogP contribution in [0.2, 0.25) is 5.02 Å². The van der Waals surface area contributed by atoms with Crippen molar-refractivity contribution in [2.24, 2.45) is 10.2 Å². The quantitative estimate of drug-likeness (QED) is 0.201. The maximum Gasteiger partial charge on any atom is 0.221 e. The van der Waals surface area contributed by atoms with Crippen molar-refractivity contribution in [2.75, 3.05) is 12.4 Å². The van der Waals surface area contributed by atoms with Gasteiger partial charge in [-0.2, -0.15) is 0 Å². The van der Waals surface area contributed by atoms with Crippen molar-refractivity contribution in [1.29, 1.82) is 0 Å². The van der Waals surface area contributed by atoms with Crippen LogP contribution >= 0.6 is 39.7 Å². The zero-order valence-corrected chi connectivity index (χ0v) is 21.0. The van der Waals surface area contributed by atoms with E-state index in [1.807, 2.05) is 54.0 Å². The van der Waals surface area contributed by atoms with Crippen molar-refractivity contribution in [3.8, 4) is 11.6 Å². The van der Waals surface area contributed by atoms with Crippen LogP contribution in [-0.4, -0.2) is 21.9 Å². The molecule has 4 aromatic rings. The number of thiocarbonyl (C=S) groups is 1. The largest absolute Gasteiger partial charge is 0.495 e. The summed E-state index contributed by atoms with van der Waals surface area (Å²) in [5.41, 5.74) is 4.08. The van der Waals surface area contributed by atoms with Crippen LogP contribution in [0.15, 0.2) is 75.4 Å². The molecule has 0 aliphatic rings. The molecule has 3 aromatic carbocycles. The van der Waals surface area contributed by atoms with E-state index in [9.17, 15) is 5.11 Å². The van der Waals surface area contributed by atoms with Gasteiger partial charge in [-0.25, -0.2) is 0 Å². The summed E-state index contributed by atoms with van der Waals surface area (Å²) in [6, 6.07) is 19.0. The molecule has 0 bridgehead atoms. The Kier molecular flexibility index (Phi) is 6.97. The molecule has 4 rings (SSSR count). The average molecular weight is 544 g/mol. The summed E-state index contributed by atoms with van der Waals surface area (Å²) in [6.45, 7) is 2.55. The van der Waals surface area contributed by atoms with Crippen LogP contribution in [0.5, 0.6) is 11.6 Å². The van der Waals surface area contributed by atoms with Crippen LogP contribution in [0.3, 0.4) is 0 Å². The van der Waals surface area contributed by atoms with Gasteiger partial charge in [0, 0.05) is 15.5 Å². The molecule has 1 heterocycles. The van der Waals surface area contributed by atoms with Crippen molar-refractivity contribution < 1.29 is 9.84 Å². The van der Waals surface area contributed by atoms with Gasteiger partial charge in [-0.1, -0.05) is 51.8 Å². The third kappa shape index (κ3) is 5.03. The van der Waals surface area contributed by atoms with E-state index >= 15 is 0 Å². The fourth-order valence-electron chi connectivity index (χ4n) is 3.50. The van der Waals surface area contributed by atoms with E-state index < -0.39 is 0 Å². The molecule has 0 amide bonds. The van der Waals surface area contributed by atoms with Gasteiger partial charge in [-0.3, -0.25) is 0 Å². The summed E-state index contributed by atoms with van der Waals surface area (Å²) in [7, 11) is 1.55. The summed E-state index contributed by atoms with van der Waals surface area (Å²) >= 11 is 15.0. The second-order valence-electron chi connectivity index (χ2n) is 7.33. The maximum absolute atomic E-state index is 11.1. The van der Waals surface area contributed by atoms with E-state index in [0.29, 0.717) is 28.7 Å². The Labute approximate surface area is 210 Å². The minimum Gasteiger partial charge on any atom is -0.495 e. The summed E-state index contributed by atoms with van der Waals surface area (Å²) in [5.74, 6) is 0.581. The van der Waals surface area contributed by atoms with Crippen molar-refractivity contribution in [1.82, 2.24) is 4.57 Å². The molecule has 0 fully saturated rings. The van der Waals surface area contributed by atoms with Gasteiger partial charge in [-0.05, 0) is 66.7 Å². The minimum absolute atomic E-state index is 0.0189. The summed E-state index contributed by atoms with van der Waals surface area (Å²) in [4.78, 5) is 0. The van der Waals surface area contributed by atoms with Crippen LogP contribution in [0.4, 0.5) is 11.4 Å². The van der Waals surface area contributed by atoms with Gasteiger partial charge >= 0.3 is 0 Å². The Bertz CT molecular complexity index is 1390. The summed E-state index contributed by atoms with van der Waals surface area (Å²) in [5, 5.41) is 23.8. The molecule has 0 saturated carbocycles. The molecule has 0 spiro atoms. The highest BCUT2D eigenvalue weighted by atomic mass is 79.9. The predicted octanol–water partition coefficient (Wildman–Crippen LogP) is 7.61. The number of hydrogen-bond acceptors (Lipinski definition) is 4. The lowest BCUT2D eigenvalue weighted by atomic mass is 10.1. The van der Waals surface area contributed by atoms with Gasteiger partial charge < -0.3 is 19.7 Å². The fraction of sp³-hybridized carbons (Fsp3) is 0.125. The average Bonchev–Trinajstić information content (AvgIpc) is 3.04. The van der Waals surface area contributed by atoms with Crippen molar-refractivity contribution >= 4 is 67.1 Å². The molecule has 9 heteroatoms. The molecule has 168 valence electrons. The lowest BCUT2D eigenvalue weighted by Gasteiger charge is -2.09. The van der Waals surface area contributed by atoms with E-state index in [1.165, 1.54) is 0 Å². The zero-order chi connectivity index (χ0) is 23.5. The molecular weight excluding hydrogens is 524 g/mol. The molecule has 2 N–H and O–H groups in total. The molecule has 0 atom stereocenters. The number of methoxy groups -OCH3 is 1. The fourth-order valence-corrected chi connectivity index (χ4v) is 4.28. The number of hydrogen-bond donors (Lipinski definition) is 2. The van der Waals surface area contributed by atoms with E-state index in [-0.39, 0.29) is 11.0 Å². The molecule has 33 heavy (non-hydrogen) atoms. The Hall–Kier alpha value is -2.94. The number of fused-ring (bicyclic) bond motifs is 1. The molecule has 0 saturated heterocycles. The van der Waals surface area contributed by atoms with Gasteiger partial charge in [0.1, 0.15) is 5.75 Å². The molecule has 0 aliphatic carbocycles. The van der Waals surface area contributed by atoms with Crippen molar-refractivity contribution in [3.05, 3.63) is 81.3 Å². The number of nitrogens with one attached hydrogen (secondary N) is 1. The van der Waals surface area contributed by atoms with Crippen LogP contribution in [-0.2, 0) is 6.54 Å². The van der Waals surface area contributed by atoms with Gasteiger partial charge in [0.15, 0.2) is 5.69 Å². The number of rotatable bonds is 5. The van der Waals surface area contributed by atoms with Crippen LogP contribution in [0, 0.1) is 6.92 Å². The number of nitrogens with zero attached hydrogens (tertiary/aromatic N) is 3. The van der Waals surface area contributed by atoms with Crippen molar-refractivity contribution in [3.63, 3.8) is 0 Å². The molecular formula is C24H20BrClN4O2S. The zero-order valence-electron chi connectivity index (χ0n) is 17.8. The topological polar surface area (TPSA) is 71.1 Å². The monoisotopic (exact) mass is 542 g/mol. The number of aryl methyl sites for hydroxylation is 1. The van der Waals surface area contributed by atoms with E-state index in [2.05, 4.69) is 31.5 Å². The predicted molar refractivity (Wildman–Crippen MR) is 140 cm³/mol. The minimum atomic E-state index is 0.0189. The van der Waals surface area contributed by atoms with E-state index in [1.54, 1.807) is 25.3 Å². The number of azo groups is 1. The number of aromatic nitrogens is 1.